The molecule has 1 aromatic heterocycles. The van der Waals surface area contributed by atoms with E-state index in [0.717, 1.165) is 41.2 Å². The topological polar surface area (TPSA) is 72.5 Å². The summed E-state index contributed by atoms with van der Waals surface area (Å²) in [6.07, 6.45) is 6.90. The van der Waals surface area contributed by atoms with Crippen LogP contribution >= 0.6 is 0 Å². The van der Waals surface area contributed by atoms with E-state index in [9.17, 15) is 4.79 Å². The van der Waals surface area contributed by atoms with Gasteiger partial charge in [0.25, 0.3) is 0 Å². The minimum Gasteiger partial charge on any atom is -0.490 e. The Morgan fingerprint density at radius 1 is 0.844 bits per heavy atom. The van der Waals surface area contributed by atoms with Gasteiger partial charge in [0.15, 0.2) is 0 Å². The first-order chi connectivity index (χ1) is 15.7. The molecule has 2 aromatic carbocycles. The number of benzene rings is 2. The molecule has 0 saturated heterocycles. The van der Waals surface area contributed by atoms with Crippen molar-refractivity contribution in [3.8, 4) is 11.5 Å². The van der Waals surface area contributed by atoms with E-state index in [-0.39, 0.29) is 6.03 Å². The van der Waals surface area contributed by atoms with Crippen molar-refractivity contribution in [2.24, 2.45) is 0 Å². The van der Waals surface area contributed by atoms with Gasteiger partial charge in [-0.1, -0.05) is 30.3 Å². The van der Waals surface area contributed by atoms with E-state index in [1.165, 1.54) is 12.8 Å². The highest BCUT2D eigenvalue weighted by molar-refractivity contribution is 5.73. The Morgan fingerprint density at radius 2 is 1.47 bits per heavy atom. The van der Waals surface area contributed by atoms with Gasteiger partial charge in [0, 0.05) is 19.3 Å². The van der Waals surface area contributed by atoms with Crippen LogP contribution < -0.4 is 20.1 Å². The lowest BCUT2D eigenvalue weighted by Gasteiger charge is -2.13. The van der Waals surface area contributed by atoms with Crippen LogP contribution in [-0.4, -0.2) is 17.1 Å². The summed E-state index contributed by atoms with van der Waals surface area (Å²) in [5.41, 5.74) is 2.91. The number of ether oxygens (including phenoxy) is 2. The van der Waals surface area contributed by atoms with E-state index in [2.05, 4.69) is 15.6 Å². The van der Waals surface area contributed by atoms with Crippen LogP contribution in [0.25, 0.3) is 0 Å². The van der Waals surface area contributed by atoms with Crippen LogP contribution in [0, 0.1) is 0 Å². The van der Waals surface area contributed by atoms with Crippen molar-refractivity contribution < 1.29 is 14.3 Å². The first-order valence-corrected chi connectivity index (χ1v) is 11.1. The maximum atomic E-state index is 12.1. The number of hydrogen-bond donors (Lipinski definition) is 2. The third kappa shape index (κ3) is 6.74. The largest absolute Gasteiger partial charge is 0.490 e. The molecule has 1 aliphatic rings. The van der Waals surface area contributed by atoms with Gasteiger partial charge in [-0.15, -0.1) is 0 Å². The van der Waals surface area contributed by atoms with E-state index in [0.29, 0.717) is 25.8 Å². The fraction of sp³-hybridized carbons (Fsp3) is 0.308. The van der Waals surface area contributed by atoms with Crippen LogP contribution in [-0.2, 0) is 19.7 Å². The second-order valence-corrected chi connectivity index (χ2v) is 7.96. The van der Waals surface area contributed by atoms with Gasteiger partial charge in [0.2, 0.25) is 0 Å². The zero-order valence-corrected chi connectivity index (χ0v) is 18.1. The van der Waals surface area contributed by atoms with Crippen molar-refractivity contribution in [1.82, 2.24) is 15.6 Å². The highest BCUT2D eigenvalue weighted by Crippen LogP contribution is 2.24. The molecule has 6 nitrogen and oxygen atoms in total. The number of nitrogens with zero attached hydrogens (tertiary/aromatic N) is 1. The summed E-state index contributed by atoms with van der Waals surface area (Å²) in [4.78, 5) is 16.4. The number of pyridine rings is 1. The summed E-state index contributed by atoms with van der Waals surface area (Å²) >= 11 is 0. The van der Waals surface area contributed by atoms with E-state index in [1.807, 2.05) is 66.7 Å². The van der Waals surface area contributed by atoms with E-state index in [1.54, 1.807) is 6.20 Å². The Hall–Kier alpha value is -3.54. The van der Waals surface area contributed by atoms with Crippen molar-refractivity contribution in [3.05, 3.63) is 89.7 Å². The maximum absolute atomic E-state index is 12.1. The Labute approximate surface area is 189 Å². The van der Waals surface area contributed by atoms with Gasteiger partial charge < -0.3 is 20.1 Å². The van der Waals surface area contributed by atoms with Gasteiger partial charge in [0.05, 0.1) is 11.8 Å². The molecule has 3 aromatic rings. The van der Waals surface area contributed by atoms with Gasteiger partial charge in [-0.05, 0) is 73.2 Å². The van der Waals surface area contributed by atoms with Gasteiger partial charge in [-0.25, -0.2) is 4.79 Å². The maximum Gasteiger partial charge on any atom is 0.315 e. The highest BCUT2D eigenvalue weighted by Gasteiger charge is 2.16. The average molecular weight is 432 g/mol. The SMILES string of the molecule is O=C(NCc1ccc(OCc2ccccn2)cc1)NCc1ccc(OC2CCCC2)cc1. The minimum absolute atomic E-state index is 0.202. The third-order valence-corrected chi connectivity index (χ3v) is 5.47. The van der Waals surface area contributed by atoms with E-state index < -0.39 is 0 Å². The van der Waals surface area contributed by atoms with Crippen LogP contribution in [0.15, 0.2) is 72.9 Å². The number of aromatic nitrogens is 1. The molecule has 166 valence electrons. The van der Waals surface area contributed by atoms with Crippen LogP contribution in [0.5, 0.6) is 11.5 Å². The first kappa shape index (κ1) is 21.7. The number of carbonyl (C=O) groups is 1. The molecular formula is C26H29N3O3. The average Bonchev–Trinajstić information content (AvgIpc) is 3.35. The molecule has 0 spiro atoms. The summed E-state index contributed by atoms with van der Waals surface area (Å²) in [6, 6.07) is 21.2. The molecule has 2 amide bonds. The summed E-state index contributed by atoms with van der Waals surface area (Å²) < 4.78 is 11.7. The van der Waals surface area contributed by atoms with Crippen molar-refractivity contribution in [2.45, 2.75) is 51.5 Å². The molecule has 0 aliphatic heterocycles. The normalized spacial score (nSPS) is 13.5. The van der Waals surface area contributed by atoms with Gasteiger partial charge >= 0.3 is 6.03 Å². The number of hydrogen-bond acceptors (Lipinski definition) is 4. The Morgan fingerprint density at radius 3 is 2.06 bits per heavy atom. The molecule has 0 radical (unpaired) electrons. The van der Waals surface area contributed by atoms with E-state index in [4.69, 9.17) is 9.47 Å². The standard InChI is InChI=1S/C26H29N3O3/c30-26(29-18-21-10-14-25(15-11-21)32-24-6-1-2-7-24)28-17-20-8-12-23(13-9-20)31-19-22-5-3-4-16-27-22/h3-5,8-16,24H,1-2,6-7,17-19H2,(H2,28,29,30). The molecule has 4 rings (SSSR count). The molecule has 1 saturated carbocycles. The van der Waals surface area contributed by atoms with Crippen LogP contribution in [0.3, 0.4) is 0 Å². The lowest BCUT2D eigenvalue weighted by molar-refractivity contribution is 0.210. The first-order valence-electron chi connectivity index (χ1n) is 11.1. The summed E-state index contributed by atoms with van der Waals surface area (Å²) in [6.45, 7) is 1.34. The number of nitrogens with one attached hydrogen (secondary N) is 2. The lowest BCUT2D eigenvalue weighted by atomic mass is 10.2. The van der Waals surface area contributed by atoms with Crippen LogP contribution in [0.2, 0.25) is 0 Å². The Balaban J connectivity index is 1.15. The summed E-state index contributed by atoms with van der Waals surface area (Å²) in [7, 11) is 0. The predicted octanol–water partition coefficient (Wildman–Crippen LogP) is 4.98. The smallest absolute Gasteiger partial charge is 0.315 e. The zero-order chi connectivity index (χ0) is 22.0. The van der Waals surface area contributed by atoms with Crippen LogP contribution in [0.4, 0.5) is 4.79 Å². The molecule has 1 fully saturated rings. The number of carbonyl (C=O) groups excluding carboxylic acids is 1. The molecule has 1 heterocycles. The molecular weight excluding hydrogens is 402 g/mol. The lowest BCUT2D eigenvalue weighted by Crippen LogP contribution is -2.34. The predicted molar refractivity (Wildman–Crippen MR) is 123 cm³/mol. The number of urea groups is 1. The molecule has 2 N–H and O–H groups in total. The van der Waals surface area contributed by atoms with Crippen molar-refractivity contribution in [2.75, 3.05) is 0 Å². The van der Waals surface area contributed by atoms with Gasteiger partial charge in [0.1, 0.15) is 18.1 Å². The molecule has 32 heavy (non-hydrogen) atoms. The molecule has 1 aliphatic carbocycles. The fourth-order valence-electron chi connectivity index (χ4n) is 3.66. The number of amides is 2. The molecule has 6 heteroatoms. The molecule has 0 bridgehead atoms. The fourth-order valence-corrected chi connectivity index (χ4v) is 3.66. The second kappa shape index (κ2) is 11.2. The molecule has 0 unspecified atom stereocenters. The van der Waals surface area contributed by atoms with E-state index >= 15 is 0 Å². The Kier molecular flexibility index (Phi) is 7.58. The minimum atomic E-state index is -0.202. The quantitative estimate of drug-likeness (QED) is 0.501. The summed E-state index contributed by atoms with van der Waals surface area (Å²) in [5, 5.41) is 5.77. The van der Waals surface area contributed by atoms with Gasteiger partial charge in [-0.2, -0.15) is 0 Å². The van der Waals surface area contributed by atoms with Crippen LogP contribution in [0.1, 0.15) is 42.5 Å². The second-order valence-electron chi connectivity index (χ2n) is 7.96. The van der Waals surface area contributed by atoms with Gasteiger partial charge in [-0.3, -0.25) is 4.98 Å². The molecule has 0 atom stereocenters. The Bertz CT molecular complexity index is 969. The number of rotatable bonds is 9. The third-order valence-electron chi connectivity index (χ3n) is 5.47. The van der Waals surface area contributed by atoms with Crippen molar-refractivity contribution >= 4 is 6.03 Å². The van der Waals surface area contributed by atoms with Crippen molar-refractivity contribution in [3.63, 3.8) is 0 Å². The zero-order valence-electron chi connectivity index (χ0n) is 18.1. The monoisotopic (exact) mass is 431 g/mol. The highest BCUT2D eigenvalue weighted by atomic mass is 16.5. The summed E-state index contributed by atoms with van der Waals surface area (Å²) in [5.74, 6) is 1.67. The van der Waals surface area contributed by atoms with Crippen molar-refractivity contribution in [1.29, 1.82) is 0 Å².